The quantitative estimate of drug-likeness (QED) is 0.186. The summed E-state index contributed by atoms with van der Waals surface area (Å²) in [6, 6.07) is 0. The van der Waals surface area contributed by atoms with E-state index in [0.717, 1.165) is 6.20 Å². The van der Waals surface area contributed by atoms with E-state index in [9.17, 15) is 13.6 Å². The summed E-state index contributed by atoms with van der Waals surface area (Å²) in [7, 11) is 0. The second kappa shape index (κ2) is 10.1. The molecule has 3 heterocycles. The van der Waals surface area contributed by atoms with Crippen LogP contribution in [-0.2, 0) is 4.74 Å². The van der Waals surface area contributed by atoms with Gasteiger partial charge in [0, 0.05) is 12.4 Å². The van der Waals surface area contributed by atoms with Gasteiger partial charge >= 0.3 is 5.97 Å². The highest BCUT2D eigenvalue weighted by Crippen LogP contribution is 2.27. The molecule has 0 aliphatic carbocycles. The van der Waals surface area contributed by atoms with Gasteiger partial charge in [0.1, 0.15) is 16.2 Å². The first-order chi connectivity index (χ1) is 13.7. The van der Waals surface area contributed by atoms with Gasteiger partial charge in [0.25, 0.3) is 0 Å². The Bertz CT molecular complexity index is 1070. The van der Waals surface area contributed by atoms with Crippen LogP contribution in [-0.4, -0.2) is 38.8 Å². The zero-order chi connectivity index (χ0) is 21.7. The molecule has 3 rings (SSSR count). The number of pyridine rings is 2. The van der Waals surface area contributed by atoms with Gasteiger partial charge < -0.3 is 10.5 Å². The van der Waals surface area contributed by atoms with Gasteiger partial charge in [-0.1, -0.05) is 46.6 Å². The Kier molecular flexibility index (Phi) is 8.14. The number of nitrogens with zero attached hydrogens (tertiary/aromatic N) is 4. The van der Waals surface area contributed by atoms with E-state index in [4.69, 9.17) is 40.5 Å². The lowest BCUT2D eigenvalue weighted by atomic mass is 10.2. The molecule has 0 aliphatic heterocycles. The van der Waals surface area contributed by atoms with E-state index < -0.39 is 17.6 Å². The third-order valence-corrected chi connectivity index (χ3v) is 4.63. The van der Waals surface area contributed by atoms with Crippen LogP contribution >= 0.6 is 46.6 Å². The summed E-state index contributed by atoms with van der Waals surface area (Å²) in [5, 5.41) is 0.345. The van der Waals surface area contributed by atoms with Crippen LogP contribution in [0.15, 0.2) is 17.6 Å². The van der Waals surface area contributed by atoms with Crippen molar-refractivity contribution in [2.45, 2.75) is 12.1 Å². The predicted molar refractivity (Wildman–Crippen MR) is 109 cm³/mol. The van der Waals surface area contributed by atoms with Crippen LogP contribution in [0.3, 0.4) is 0 Å². The van der Waals surface area contributed by atoms with Crippen LogP contribution < -0.4 is 5.73 Å². The molecule has 0 amide bonds. The highest BCUT2D eigenvalue weighted by atomic mass is 35.5. The SMILES string of the molecule is CCOC(=O)c1cnc(Cl)c(F)c1N.CSc1nc(Cl)c2cnc(Cl)c(F)c2n1. The van der Waals surface area contributed by atoms with E-state index in [1.54, 1.807) is 13.2 Å². The monoisotopic (exact) mass is 481 g/mol. The molecule has 0 atom stereocenters. The number of esters is 1. The molecule has 0 saturated carbocycles. The maximum Gasteiger partial charge on any atom is 0.341 e. The molecule has 0 aromatic carbocycles. The largest absolute Gasteiger partial charge is 0.462 e. The Morgan fingerprint density at radius 3 is 2.34 bits per heavy atom. The number of fused-ring (bicyclic) bond motifs is 1. The first-order valence-corrected chi connectivity index (χ1v) is 10.0. The lowest BCUT2D eigenvalue weighted by Crippen LogP contribution is -2.10. The van der Waals surface area contributed by atoms with E-state index in [2.05, 4.69) is 24.7 Å². The Hall–Kier alpha value is -2.01. The van der Waals surface area contributed by atoms with E-state index in [1.807, 2.05) is 0 Å². The summed E-state index contributed by atoms with van der Waals surface area (Å²) in [4.78, 5) is 26.2. The minimum atomic E-state index is -0.905. The van der Waals surface area contributed by atoms with Crippen LogP contribution in [0, 0.1) is 11.6 Å². The Labute approximate surface area is 182 Å². The number of hydrogen-bond acceptors (Lipinski definition) is 8. The minimum absolute atomic E-state index is 0.0966. The van der Waals surface area contributed by atoms with E-state index in [-0.39, 0.29) is 38.8 Å². The van der Waals surface area contributed by atoms with Crippen molar-refractivity contribution in [1.82, 2.24) is 19.9 Å². The number of nitrogen functional groups attached to an aromatic ring is 1. The van der Waals surface area contributed by atoms with Gasteiger partial charge in [-0.05, 0) is 13.2 Å². The molecule has 154 valence electrons. The van der Waals surface area contributed by atoms with E-state index in [1.165, 1.54) is 18.0 Å². The van der Waals surface area contributed by atoms with Gasteiger partial charge in [-0.2, -0.15) is 0 Å². The summed E-state index contributed by atoms with van der Waals surface area (Å²) in [6.45, 7) is 1.82. The van der Waals surface area contributed by atoms with Crippen LogP contribution in [0.5, 0.6) is 0 Å². The molecular weight excluding hydrogens is 471 g/mol. The van der Waals surface area contributed by atoms with Crippen molar-refractivity contribution >= 4 is 69.1 Å². The summed E-state index contributed by atoms with van der Waals surface area (Å²) in [5.41, 5.74) is 4.95. The summed E-state index contributed by atoms with van der Waals surface area (Å²) in [5.74, 6) is -2.29. The molecule has 7 nitrogen and oxygen atoms in total. The van der Waals surface area contributed by atoms with Crippen LogP contribution in [0.1, 0.15) is 17.3 Å². The second-order valence-electron chi connectivity index (χ2n) is 5.04. The van der Waals surface area contributed by atoms with Crippen LogP contribution in [0.4, 0.5) is 14.5 Å². The number of rotatable bonds is 3. The molecule has 0 spiro atoms. The summed E-state index contributed by atoms with van der Waals surface area (Å²) in [6.07, 6.45) is 4.21. The van der Waals surface area contributed by atoms with Crippen molar-refractivity contribution in [3.05, 3.63) is 45.1 Å². The fraction of sp³-hybridized carbons (Fsp3) is 0.188. The van der Waals surface area contributed by atoms with Crippen molar-refractivity contribution in [3.63, 3.8) is 0 Å². The second-order valence-corrected chi connectivity index (χ2v) is 6.88. The number of hydrogen-bond donors (Lipinski definition) is 1. The molecule has 3 aromatic rings. The standard InChI is InChI=1S/C8H4Cl2FN3S.C8H8ClFN2O2/c1-15-8-13-5-3(6(9)14-8)2-12-7(10)4(5)11;1-2-14-8(13)4-3-12-7(9)5(10)6(4)11/h2H,1H3;3H,2H2,1H3,(H2,11,12). The van der Waals surface area contributed by atoms with E-state index >= 15 is 0 Å². The zero-order valence-electron chi connectivity index (χ0n) is 14.8. The average molecular weight is 483 g/mol. The number of aromatic nitrogens is 4. The third kappa shape index (κ3) is 5.33. The highest BCUT2D eigenvalue weighted by molar-refractivity contribution is 7.98. The molecule has 0 bridgehead atoms. The van der Waals surface area contributed by atoms with Gasteiger partial charge in [-0.15, -0.1) is 0 Å². The van der Waals surface area contributed by atoms with E-state index in [0.29, 0.717) is 10.5 Å². The van der Waals surface area contributed by atoms with Gasteiger partial charge in [0.05, 0.1) is 17.7 Å². The third-order valence-electron chi connectivity index (χ3n) is 3.27. The lowest BCUT2D eigenvalue weighted by Gasteiger charge is -2.05. The van der Waals surface area contributed by atoms with Gasteiger partial charge in [-0.25, -0.2) is 33.5 Å². The normalized spacial score (nSPS) is 10.4. The molecule has 29 heavy (non-hydrogen) atoms. The molecule has 3 aromatic heterocycles. The van der Waals surface area contributed by atoms with Gasteiger partial charge in [0.2, 0.25) is 0 Å². The molecule has 2 N–H and O–H groups in total. The fourth-order valence-corrected chi connectivity index (χ4v) is 2.84. The first-order valence-electron chi connectivity index (χ1n) is 7.69. The smallest absolute Gasteiger partial charge is 0.341 e. The van der Waals surface area contributed by atoms with Crippen molar-refractivity contribution in [3.8, 4) is 0 Å². The lowest BCUT2D eigenvalue weighted by molar-refractivity contribution is 0.0526. The number of nitrogens with two attached hydrogens (primary N) is 1. The maximum absolute atomic E-state index is 13.5. The fourth-order valence-electron chi connectivity index (χ4n) is 1.92. The van der Waals surface area contributed by atoms with Crippen molar-refractivity contribution < 1.29 is 18.3 Å². The highest BCUT2D eigenvalue weighted by Gasteiger charge is 2.17. The van der Waals surface area contributed by atoms with Crippen molar-refractivity contribution in [2.24, 2.45) is 0 Å². The topological polar surface area (TPSA) is 104 Å². The first kappa shape index (κ1) is 23.3. The Morgan fingerprint density at radius 1 is 1.10 bits per heavy atom. The van der Waals surface area contributed by atoms with Crippen molar-refractivity contribution in [2.75, 3.05) is 18.6 Å². The van der Waals surface area contributed by atoms with Gasteiger partial charge in [0.15, 0.2) is 27.1 Å². The predicted octanol–water partition coefficient (Wildman–Crippen LogP) is 4.83. The number of thioether (sulfide) groups is 1. The molecule has 0 radical (unpaired) electrons. The zero-order valence-corrected chi connectivity index (χ0v) is 17.9. The number of ether oxygens (including phenoxy) is 1. The molecular formula is C16H12Cl3F2N5O2S. The number of carbonyl (C=O) groups excluding carboxylic acids is 1. The molecule has 0 unspecified atom stereocenters. The molecule has 0 fully saturated rings. The average Bonchev–Trinajstić information content (AvgIpc) is 2.69. The van der Waals surface area contributed by atoms with Gasteiger partial charge in [-0.3, -0.25) is 0 Å². The number of carbonyl (C=O) groups is 1. The summed E-state index contributed by atoms with van der Waals surface area (Å²) >= 11 is 18.0. The Morgan fingerprint density at radius 2 is 1.72 bits per heavy atom. The number of halogens is 5. The number of anilines is 1. The molecule has 0 aliphatic rings. The van der Waals surface area contributed by atoms with Crippen molar-refractivity contribution in [1.29, 1.82) is 0 Å². The molecule has 13 heteroatoms. The maximum atomic E-state index is 13.5. The molecule has 0 saturated heterocycles. The van der Waals surface area contributed by atoms with Crippen LogP contribution in [0.25, 0.3) is 10.9 Å². The minimum Gasteiger partial charge on any atom is -0.462 e. The van der Waals surface area contributed by atoms with Crippen LogP contribution in [0.2, 0.25) is 15.5 Å². The summed E-state index contributed by atoms with van der Waals surface area (Å²) < 4.78 is 31.2. The Balaban J connectivity index is 0.000000208.